The highest BCUT2D eigenvalue weighted by atomic mass is 16.8. The second-order valence-electron chi connectivity index (χ2n) is 20.1. The number of hydrogen-bond donors (Lipinski definition) is 0. The fraction of sp³-hybridized carbons (Fsp3) is 0.846. The van der Waals surface area contributed by atoms with Crippen LogP contribution in [-0.4, -0.2) is 279 Å². The van der Waals surface area contributed by atoms with Gasteiger partial charge in [-0.2, -0.15) is 0 Å². The van der Waals surface area contributed by atoms with Crippen molar-refractivity contribution < 1.29 is 152 Å². The molecule has 25 atom stereocenters. The molecule has 5 aliphatic rings. The Balaban J connectivity index is 1.53. The fourth-order valence-electron chi connectivity index (χ4n) is 10.7. The Kier molecular flexibility index (Phi) is 28.1. The predicted molar refractivity (Wildman–Crippen MR) is 277 cm³/mol. The number of methoxy groups -OCH3 is 9. The van der Waals surface area contributed by atoms with Gasteiger partial charge in [0.25, 0.3) is 0 Å². The van der Waals surface area contributed by atoms with E-state index in [1.165, 1.54) is 63.6 Å². The van der Waals surface area contributed by atoms with Crippen molar-refractivity contribution >= 4 is 47.8 Å². The van der Waals surface area contributed by atoms with Crippen molar-refractivity contribution in [2.24, 2.45) is 11.0 Å². The van der Waals surface area contributed by atoms with Crippen LogP contribution in [0.4, 0.5) is 0 Å². The molecule has 0 bridgehead atoms. The topological polar surface area (TPSA) is 407 Å². The lowest BCUT2D eigenvalue weighted by molar-refractivity contribution is -0.385. The Bertz CT molecular complexity index is 2370. The lowest BCUT2D eigenvalue weighted by Gasteiger charge is -2.51. The second-order valence-corrected chi connectivity index (χ2v) is 20.1. The van der Waals surface area contributed by atoms with Crippen molar-refractivity contribution in [3.8, 4) is 0 Å². The zero-order valence-corrected chi connectivity index (χ0v) is 51.0. The van der Waals surface area contributed by atoms with Gasteiger partial charge in [0.15, 0.2) is 55.9 Å². The van der Waals surface area contributed by atoms with Crippen LogP contribution in [0.3, 0.4) is 0 Å². The number of carbonyl (C=O) groups excluding carboxylic acids is 8. The molecule has 0 saturated carbocycles. The summed E-state index contributed by atoms with van der Waals surface area (Å²) in [5.74, 6) is -8.06. The van der Waals surface area contributed by atoms with E-state index in [0.717, 1.165) is 48.8 Å². The number of nitrogens with zero attached hydrogens (tertiary/aromatic N) is 3. The molecule has 10 unspecified atom stereocenters. The standard InChI is InChI=1S/C52H79N3O32/c1-20-31(76-24(5)59)33(82-51-44(69-13)37(67-11)40(42(87-51)47(63)71-15)85-49-30(54-55-53)35(65-9)32(64-8)27(80-49)17-73-21(2)56)28(18-74-22(3)57)79-48(20)84-39-36(66-10)43(68-12)52(86-41(39)46(62)70-14)83-34-29(19-75-23(4)58)81-50(72-16)45(78-26(7)61)38(34)77-25(6)60/h20,27-45,48-52H,17-19H2,1-16H3/t20?,27?,28-,29?,30?,31?,32+,33-,34+,35-,36?,37+,38+,39+,40-,41-,42?,43?,44?,45?,48-,49+,50-,51-,52+/m1/s1. The molecule has 5 aliphatic heterocycles. The molecule has 0 aliphatic carbocycles. The second kappa shape index (κ2) is 33.9. The SMILES string of the molecule is COC(=O)C1O[C@@H](O[C@H]2C(OC(C)=O)C(C)[C@@H](O[C@H]3C(OC)C(OC)[C@@H](O[C@H]4C(COC(C)=O)O[C@@H](OC)C(OC(C)=O)[C@H]4OC(C)=O)O[C@H]3C(=O)OC)O[C@@H]2COC(C)=O)C(OC)[C@@H](OC)[C@H]1O[C@@H]1OC(COC(C)=O)[C@H](OC)[C@H](OC)C1N=[N+]=[N-]. The summed E-state index contributed by atoms with van der Waals surface area (Å²) in [6.45, 7) is 6.61. The molecule has 0 radical (unpaired) electrons. The minimum Gasteiger partial charge on any atom is -0.467 e. The van der Waals surface area contributed by atoms with Crippen molar-refractivity contribution in [1.82, 2.24) is 0 Å². The molecule has 5 rings (SSSR count). The van der Waals surface area contributed by atoms with Gasteiger partial charge in [-0.1, -0.05) is 12.0 Å². The first-order valence-electron chi connectivity index (χ1n) is 27.1. The van der Waals surface area contributed by atoms with Crippen LogP contribution in [0.1, 0.15) is 48.5 Å². The van der Waals surface area contributed by atoms with Gasteiger partial charge in [0, 0.05) is 102 Å². The number of ether oxygens (including phenoxy) is 24. The number of hydrogen-bond acceptors (Lipinski definition) is 33. The first-order chi connectivity index (χ1) is 41.4. The van der Waals surface area contributed by atoms with E-state index in [1.807, 2.05) is 0 Å². The Hall–Kier alpha value is -5.57. The summed E-state index contributed by atoms with van der Waals surface area (Å²) in [4.78, 5) is 106. The van der Waals surface area contributed by atoms with E-state index in [1.54, 1.807) is 0 Å². The van der Waals surface area contributed by atoms with Crippen LogP contribution in [-0.2, 0) is 152 Å². The molecule has 5 saturated heterocycles. The van der Waals surface area contributed by atoms with Crippen LogP contribution in [0.15, 0.2) is 5.11 Å². The van der Waals surface area contributed by atoms with Crippen LogP contribution in [0, 0.1) is 5.92 Å². The van der Waals surface area contributed by atoms with Crippen LogP contribution < -0.4 is 0 Å². The maximum Gasteiger partial charge on any atom is 0.337 e. The molecule has 87 heavy (non-hydrogen) atoms. The minimum atomic E-state index is -1.84. The van der Waals surface area contributed by atoms with Crippen LogP contribution >= 0.6 is 0 Å². The highest BCUT2D eigenvalue weighted by Crippen LogP contribution is 2.41. The summed E-state index contributed by atoms with van der Waals surface area (Å²) in [5.41, 5.74) is 9.70. The van der Waals surface area contributed by atoms with Gasteiger partial charge in [0.2, 0.25) is 0 Å². The first kappa shape index (κ1) is 72.2. The van der Waals surface area contributed by atoms with Crippen molar-refractivity contribution in [2.75, 3.05) is 83.8 Å². The largest absolute Gasteiger partial charge is 0.467 e. The van der Waals surface area contributed by atoms with E-state index >= 15 is 0 Å². The molecule has 0 spiro atoms. The zero-order chi connectivity index (χ0) is 64.6. The lowest BCUT2D eigenvalue weighted by Crippen LogP contribution is -2.68. The molecule has 494 valence electrons. The molecule has 5 heterocycles. The zero-order valence-electron chi connectivity index (χ0n) is 51.0. The maximum atomic E-state index is 14.0. The van der Waals surface area contributed by atoms with Gasteiger partial charge in [0.1, 0.15) is 105 Å². The van der Waals surface area contributed by atoms with E-state index in [2.05, 4.69) is 10.0 Å². The third-order valence-corrected chi connectivity index (χ3v) is 14.5. The van der Waals surface area contributed by atoms with Crippen molar-refractivity contribution in [1.29, 1.82) is 0 Å². The van der Waals surface area contributed by atoms with E-state index in [0.29, 0.717) is 0 Å². The van der Waals surface area contributed by atoms with Gasteiger partial charge in [-0.25, -0.2) is 9.59 Å². The first-order valence-corrected chi connectivity index (χ1v) is 27.1. The maximum absolute atomic E-state index is 14.0. The lowest BCUT2D eigenvalue weighted by atomic mass is 9.90. The normalized spacial score (nSPS) is 37.6. The highest BCUT2D eigenvalue weighted by Gasteiger charge is 2.61. The van der Waals surface area contributed by atoms with E-state index in [9.17, 15) is 43.9 Å². The summed E-state index contributed by atoms with van der Waals surface area (Å²) >= 11 is 0. The molecule has 0 amide bonds. The Morgan fingerprint density at radius 3 is 1.10 bits per heavy atom. The monoisotopic (exact) mass is 1260 g/mol. The number of rotatable bonds is 27. The quantitative estimate of drug-likeness (QED) is 0.0314. The Morgan fingerprint density at radius 1 is 0.368 bits per heavy atom. The smallest absolute Gasteiger partial charge is 0.337 e. The number of azide groups is 1. The van der Waals surface area contributed by atoms with E-state index in [-0.39, 0.29) is 6.61 Å². The third-order valence-electron chi connectivity index (χ3n) is 14.5. The molecule has 35 nitrogen and oxygen atoms in total. The van der Waals surface area contributed by atoms with Gasteiger partial charge in [0.05, 0.1) is 20.3 Å². The van der Waals surface area contributed by atoms with Crippen LogP contribution in [0.2, 0.25) is 0 Å². The number of esters is 8. The summed E-state index contributed by atoms with van der Waals surface area (Å²) in [5, 5.41) is 3.87. The molecule has 0 N–H and O–H groups in total. The van der Waals surface area contributed by atoms with Crippen molar-refractivity contribution in [3.63, 3.8) is 0 Å². The summed E-state index contributed by atoms with van der Waals surface area (Å²) in [7, 11) is 10.9. The van der Waals surface area contributed by atoms with Gasteiger partial charge >= 0.3 is 47.8 Å². The van der Waals surface area contributed by atoms with Crippen molar-refractivity contribution in [3.05, 3.63) is 10.4 Å². The average molecular weight is 1260 g/mol. The molecule has 5 fully saturated rings. The fourth-order valence-corrected chi connectivity index (χ4v) is 10.7. The molecule has 0 aromatic carbocycles. The Labute approximate surface area is 499 Å². The number of carbonyl (C=O) groups is 8. The average Bonchev–Trinajstić information content (AvgIpc) is 0.946. The molecule has 0 aromatic rings. The van der Waals surface area contributed by atoms with E-state index < -0.39 is 214 Å². The minimum absolute atomic E-state index is 0.374. The van der Waals surface area contributed by atoms with Crippen LogP contribution in [0.5, 0.6) is 0 Å². The van der Waals surface area contributed by atoms with Gasteiger partial charge in [-0.15, -0.1) is 0 Å². The summed E-state index contributed by atoms with van der Waals surface area (Å²) in [6, 6.07) is -1.33. The molecule has 35 heteroatoms. The summed E-state index contributed by atoms with van der Waals surface area (Å²) in [6.07, 6.45) is -34.1. The van der Waals surface area contributed by atoms with Crippen molar-refractivity contribution in [2.45, 2.75) is 196 Å². The van der Waals surface area contributed by atoms with Crippen LogP contribution in [0.25, 0.3) is 10.4 Å². The predicted octanol–water partition coefficient (Wildman–Crippen LogP) is -0.966. The Morgan fingerprint density at radius 2 is 0.724 bits per heavy atom. The molecular formula is C52H79N3O32. The third kappa shape index (κ3) is 17.9. The van der Waals surface area contributed by atoms with Gasteiger partial charge in [-0.05, 0) is 5.53 Å². The van der Waals surface area contributed by atoms with Gasteiger partial charge in [-0.3, -0.25) is 28.8 Å². The molecular weight excluding hydrogens is 1180 g/mol. The molecule has 0 aromatic heterocycles. The highest BCUT2D eigenvalue weighted by molar-refractivity contribution is 5.76. The summed E-state index contributed by atoms with van der Waals surface area (Å²) < 4.78 is 142. The van der Waals surface area contributed by atoms with Gasteiger partial charge < -0.3 is 114 Å². The van der Waals surface area contributed by atoms with E-state index in [4.69, 9.17) is 114 Å².